The van der Waals surface area contributed by atoms with Crippen molar-refractivity contribution in [2.75, 3.05) is 13.1 Å². The van der Waals surface area contributed by atoms with E-state index in [4.69, 9.17) is 4.74 Å². The van der Waals surface area contributed by atoms with Gasteiger partial charge < -0.3 is 15.0 Å². The highest BCUT2D eigenvalue weighted by atomic mass is 16.5. The summed E-state index contributed by atoms with van der Waals surface area (Å²) < 4.78 is 5.93. The van der Waals surface area contributed by atoms with Gasteiger partial charge in [-0.05, 0) is 67.5 Å². The highest BCUT2D eigenvalue weighted by Gasteiger charge is 2.19. The Labute approximate surface area is 179 Å². The van der Waals surface area contributed by atoms with E-state index in [1.54, 1.807) is 6.92 Å². The maximum absolute atomic E-state index is 12.5. The third-order valence-electron chi connectivity index (χ3n) is 5.61. The van der Waals surface area contributed by atoms with E-state index < -0.39 is 6.10 Å². The van der Waals surface area contributed by atoms with Crippen LogP contribution in [0, 0.1) is 6.92 Å². The van der Waals surface area contributed by atoms with Crippen LogP contribution in [0.4, 0.5) is 0 Å². The van der Waals surface area contributed by atoms with Crippen LogP contribution in [0.3, 0.4) is 0 Å². The number of hydrogen-bond donors (Lipinski definition) is 1. The molecule has 2 aromatic rings. The average molecular weight is 409 g/mol. The summed E-state index contributed by atoms with van der Waals surface area (Å²) in [6.45, 7) is 10.1. The average Bonchev–Trinajstić information content (AvgIpc) is 3.28. The summed E-state index contributed by atoms with van der Waals surface area (Å²) in [5.41, 5.74) is 3.85. The molecule has 0 saturated carbocycles. The minimum atomic E-state index is -0.595. The Kier molecular flexibility index (Phi) is 7.14. The number of nitrogens with zero attached hydrogens (tertiary/aromatic N) is 1. The van der Waals surface area contributed by atoms with Crippen LogP contribution in [0.15, 0.2) is 42.5 Å². The number of benzene rings is 2. The summed E-state index contributed by atoms with van der Waals surface area (Å²) in [6, 6.07) is 13.6. The van der Waals surface area contributed by atoms with Crippen LogP contribution in [-0.2, 0) is 11.3 Å². The van der Waals surface area contributed by atoms with Crippen molar-refractivity contribution in [3.05, 3.63) is 64.7 Å². The molecular formula is C25H32N2O3. The topological polar surface area (TPSA) is 58.6 Å². The predicted molar refractivity (Wildman–Crippen MR) is 119 cm³/mol. The number of nitrogens with one attached hydrogen (secondary N) is 1. The Balaban J connectivity index is 1.53. The van der Waals surface area contributed by atoms with Crippen molar-refractivity contribution in [3.8, 4) is 5.75 Å². The first-order valence-electron chi connectivity index (χ1n) is 10.8. The van der Waals surface area contributed by atoms with Gasteiger partial charge in [0, 0.05) is 25.2 Å². The lowest BCUT2D eigenvalue weighted by molar-refractivity contribution is -0.127. The highest BCUT2D eigenvalue weighted by Crippen LogP contribution is 2.25. The summed E-state index contributed by atoms with van der Waals surface area (Å²) in [6.07, 6.45) is 1.57. The van der Waals surface area contributed by atoms with Crippen LogP contribution < -0.4 is 10.1 Å². The van der Waals surface area contributed by atoms with E-state index in [1.807, 2.05) is 48.2 Å². The Morgan fingerprint density at radius 1 is 1.03 bits per heavy atom. The molecule has 5 heteroatoms. The van der Waals surface area contributed by atoms with Crippen LogP contribution in [0.5, 0.6) is 5.75 Å². The van der Waals surface area contributed by atoms with Gasteiger partial charge in [-0.2, -0.15) is 0 Å². The Morgan fingerprint density at radius 2 is 1.70 bits per heavy atom. The molecule has 0 bridgehead atoms. The maximum Gasteiger partial charge on any atom is 0.261 e. The molecule has 0 aromatic heterocycles. The zero-order chi connectivity index (χ0) is 21.7. The molecule has 1 heterocycles. The summed E-state index contributed by atoms with van der Waals surface area (Å²) in [7, 11) is 0. The van der Waals surface area contributed by atoms with Crippen molar-refractivity contribution in [2.24, 2.45) is 0 Å². The van der Waals surface area contributed by atoms with Gasteiger partial charge >= 0.3 is 0 Å². The van der Waals surface area contributed by atoms with E-state index in [1.165, 1.54) is 5.56 Å². The van der Waals surface area contributed by atoms with Crippen LogP contribution in [0.25, 0.3) is 0 Å². The summed E-state index contributed by atoms with van der Waals surface area (Å²) >= 11 is 0. The molecule has 3 rings (SSSR count). The minimum absolute atomic E-state index is 0.0871. The molecule has 2 aromatic carbocycles. The molecule has 1 unspecified atom stereocenters. The van der Waals surface area contributed by atoms with E-state index in [-0.39, 0.29) is 11.8 Å². The summed E-state index contributed by atoms with van der Waals surface area (Å²) in [5.74, 6) is 1.07. The van der Waals surface area contributed by atoms with Crippen molar-refractivity contribution in [1.82, 2.24) is 10.2 Å². The lowest BCUT2D eigenvalue weighted by Gasteiger charge is -2.18. The Hall–Kier alpha value is -2.82. The fraction of sp³-hybridized carbons (Fsp3) is 0.440. The molecule has 1 N–H and O–H groups in total. The molecule has 0 spiro atoms. The minimum Gasteiger partial charge on any atom is -0.481 e. The SMILES string of the molecule is Cc1ccc(C(C)C)cc1OC(C)C(=O)NCc1ccc(C(=O)N2CCCC2)cc1. The molecule has 1 aliphatic rings. The van der Waals surface area contributed by atoms with E-state index in [0.29, 0.717) is 18.0 Å². The van der Waals surface area contributed by atoms with Gasteiger partial charge in [0.2, 0.25) is 0 Å². The number of likely N-dealkylation sites (tertiary alicyclic amines) is 1. The first-order chi connectivity index (χ1) is 14.3. The fourth-order valence-corrected chi connectivity index (χ4v) is 3.55. The van der Waals surface area contributed by atoms with Gasteiger partial charge in [-0.1, -0.05) is 38.1 Å². The number of carbonyl (C=O) groups excluding carboxylic acids is 2. The standard InChI is InChI=1S/C25H32N2O3/c1-17(2)22-10-7-18(3)23(15-22)30-19(4)24(28)26-16-20-8-11-21(12-9-20)25(29)27-13-5-6-14-27/h7-12,15,17,19H,5-6,13-14,16H2,1-4H3,(H,26,28). The number of ether oxygens (including phenoxy) is 1. The third kappa shape index (κ3) is 5.41. The van der Waals surface area contributed by atoms with Crippen molar-refractivity contribution >= 4 is 11.8 Å². The molecular weight excluding hydrogens is 376 g/mol. The zero-order valence-electron chi connectivity index (χ0n) is 18.4. The van der Waals surface area contributed by atoms with Gasteiger partial charge in [-0.25, -0.2) is 0 Å². The highest BCUT2D eigenvalue weighted by molar-refractivity contribution is 5.94. The molecule has 30 heavy (non-hydrogen) atoms. The second kappa shape index (κ2) is 9.79. The molecule has 1 aliphatic heterocycles. The van der Waals surface area contributed by atoms with Crippen molar-refractivity contribution < 1.29 is 14.3 Å². The van der Waals surface area contributed by atoms with Crippen LogP contribution in [0.1, 0.15) is 66.6 Å². The van der Waals surface area contributed by atoms with Crippen LogP contribution in [-0.4, -0.2) is 35.9 Å². The molecule has 5 nitrogen and oxygen atoms in total. The van der Waals surface area contributed by atoms with Gasteiger partial charge in [-0.15, -0.1) is 0 Å². The van der Waals surface area contributed by atoms with Gasteiger partial charge in [0.1, 0.15) is 5.75 Å². The van der Waals surface area contributed by atoms with Gasteiger partial charge in [0.15, 0.2) is 6.10 Å². The third-order valence-corrected chi connectivity index (χ3v) is 5.61. The summed E-state index contributed by atoms with van der Waals surface area (Å²) in [4.78, 5) is 26.8. The zero-order valence-corrected chi connectivity index (χ0v) is 18.4. The number of carbonyl (C=O) groups is 2. The quantitative estimate of drug-likeness (QED) is 0.737. The lowest BCUT2D eigenvalue weighted by atomic mass is 10.0. The Morgan fingerprint density at radius 3 is 2.33 bits per heavy atom. The van der Waals surface area contributed by atoms with E-state index in [0.717, 1.165) is 42.8 Å². The van der Waals surface area contributed by atoms with Crippen molar-refractivity contribution in [2.45, 2.75) is 59.1 Å². The van der Waals surface area contributed by atoms with Gasteiger partial charge in [-0.3, -0.25) is 9.59 Å². The summed E-state index contributed by atoms with van der Waals surface area (Å²) in [5, 5.41) is 2.92. The van der Waals surface area contributed by atoms with Crippen molar-refractivity contribution in [3.63, 3.8) is 0 Å². The van der Waals surface area contributed by atoms with E-state index >= 15 is 0 Å². The van der Waals surface area contributed by atoms with Gasteiger partial charge in [0.25, 0.3) is 11.8 Å². The second-order valence-corrected chi connectivity index (χ2v) is 8.35. The first kappa shape index (κ1) is 21.9. The molecule has 1 saturated heterocycles. The van der Waals surface area contributed by atoms with Crippen LogP contribution >= 0.6 is 0 Å². The fourth-order valence-electron chi connectivity index (χ4n) is 3.55. The molecule has 1 atom stereocenters. The predicted octanol–water partition coefficient (Wildman–Crippen LogP) is 4.44. The first-order valence-corrected chi connectivity index (χ1v) is 10.8. The maximum atomic E-state index is 12.5. The lowest BCUT2D eigenvalue weighted by Crippen LogP contribution is -2.36. The number of aryl methyl sites for hydroxylation is 1. The second-order valence-electron chi connectivity index (χ2n) is 8.35. The monoisotopic (exact) mass is 408 g/mol. The normalized spacial score (nSPS) is 14.6. The Bertz CT molecular complexity index is 884. The molecule has 160 valence electrons. The smallest absolute Gasteiger partial charge is 0.261 e. The van der Waals surface area contributed by atoms with E-state index in [2.05, 4.69) is 25.2 Å². The molecule has 0 radical (unpaired) electrons. The largest absolute Gasteiger partial charge is 0.481 e. The molecule has 1 fully saturated rings. The number of hydrogen-bond acceptors (Lipinski definition) is 3. The number of amides is 2. The van der Waals surface area contributed by atoms with Crippen LogP contribution in [0.2, 0.25) is 0 Å². The van der Waals surface area contributed by atoms with E-state index in [9.17, 15) is 9.59 Å². The van der Waals surface area contributed by atoms with Gasteiger partial charge in [0.05, 0.1) is 0 Å². The van der Waals surface area contributed by atoms with Crippen molar-refractivity contribution in [1.29, 1.82) is 0 Å². The number of rotatable bonds is 7. The molecule has 0 aliphatic carbocycles. The molecule has 2 amide bonds.